The topological polar surface area (TPSA) is 46.0 Å². The third-order valence-corrected chi connectivity index (χ3v) is 2.73. The quantitative estimate of drug-likeness (QED) is 0.874. The SMILES string of the molecule is CCCc1cccc(C(O)c2ccnnc2)c1. The number of nitrogens with zero attached hydrogens (tertiary/aromatic N) is 2. The van der Waals surface area contributed by atoms with E-state index in [0.29, 0.717) is 0 Å². The van der Waals surface area contributed by atoms with Crippen molar-refractivity contribution in [1.29, 1.82) is 0 Å². The molecule has 0 saturated carbocycles. The standard InChI is InChI=1S/C14H16N2O/c1-2-4-11-5-3-6-12(9-11)14(17)13-7-8-15-16-10-13/h3,5-10,14,17H,2,4H2,1H3. The maximum atomic E-state index is 10.2. The van der Waals surface area contributed by atoms with Crippen LogP contribution in [-0.2, 0) is 6.42 Å². The van der Waals surface area contributed by atoms with Crippen molar-refractivity contribution >= 4 is 0 Å². The molecule has 0 aliphatic heterocycles. The Morgan fingerprint density at radius 3 is 2.76 bits per heavy atom. The van der Waals surface area contributed by atoms with Gasteiger partial charge in [0.15, 0.2) is 0 Å². The number of hydrogen-bond acceptors (Lipinski definition) is 3. The molecule has 1 N–H and O–H groups in total. The van der Waals surface area contributed by atoms with E-state index in [1.165, 1.54) is 5.56 Å². The Bertz CT molecular complexity index is 471. The Balaban J connectivity index is 2.25. The second kappa shape index (κ2) is 5.55. The van der Waals surface area contributed by atoms with Crippen molar-refractivity contribution in [3.63, 3.8) is 0 Å². The molecule has 0 amide bonds. The molecule has 0 bridgehead atoms. The molecule has 0 spiro atoms. The van der Waals surface area contributed by atoms with Gasteiger partial charge in [0.2, 0.25) is 0 Å². The van der Waals surface area contributed by atoms with Gasteiger partial charge in [-0.05, 0) is 23.6 Å². The van der Waals surface area contributed by atoms with E-state index in [2.05, 4.69) is 29.3 Å². The first-order valence-corrected chi connectivity index (χ1v) is 5.84. The van der Waals surface area contributed by atoms with Crippen LogP contribution in [0.25, 0.3) is 0 Å². The lowest BCUT2D eigenvalue weighted by Gasteiger charge is -2.11. The lowest BCUT2D eigenvalue weighted by molar-refractivity contribution is 0.219. The zero-order valence-corrected chi connectivity index (χ0v) is 9.87. The van der Waals surface area contributed by atoms with Gasteiger partial charge in [0.1, 0.15) is 6.10 Å². The molecule has 0 aliphatic rings. The summed E-state index contributed by atoms with van der Waals surface area (Å²) >= 11 is 0. The van der Waals surface area contributed by atoms with Gasteiger partial charge in [-0.1, -0.05) is 37.6 Å². The molecule has 0 fully saturated rings. The molecule has 0 aliphatic carbocycles. The predicted molar refractivity (Wildman–Crippen MR) is 66.5 cm³/mol. The average Bonchev–Trinajstić information content (AvgIpc) is 2.40. The van der Waals surface area contributed by atoms with Crippen molar-refractivity contribution in [1.82, 2.24) is 10.2 Å². The third kappa shape index (κ3) is 2.88. The minimum absolute atomic E-state index is 0.623. The summed E-state index contributed by atoms with van der Waals surface area (Å²) in [6, 6.07) is 9.84. The molecule has 88 valence electrons. The number of aliphatic hydroxyl groups excluding tert-OH is 1. The van der Waals surface area contributed by atoms with Crippen LogP contribution in [0.3, 0.4) is 0 Å². The summed E-state index contributed by atoms with van der Waals surface area (Å²) in [6.45, 7) is 2.15. The molecule has 17 heavy (non-hydrogen) atoms. The summed E-state index contributed by atoms with van der Waals surface area (Å²) in [4.78, 5) is 0. The van der Waals surface area contributed by atoms with Crippen LogP contribution in [0.4, 0.5) is 0 Å². The summed E-state index contributed by atoms with van der Waals surface area (Å²) in [5, 5.41) is 17.7. The first-order chi connectivity index (χ1) is 8.31. The molecule has 1 heterocycles. The van der Waals surface area contributed by atoms with E-state index in [1.807, 2.05) is 12.1 Å². The molecule has 1 aromatic heterocycles. The Morgan fingerprint density at radius 2 is 2.06 bits per heavy atom. The van der Waals surface area contributed by atoms with Crippen LogP contribution in [0.15, 0.2) is 42.7 Å². The van der Waals surface area contributed by atoms with Gasteiger partial charge in [-0.15, -0.1) is 0 Å². The van der Waals surface area contributed by atoms with E-state index in [-0.39, 0.29) is 0 Å². The summed E-state index contributed by atoms with van der Waals surface area (Å²) in [6.07, 6.45) is 4.71. The molecule has 2 rings (SSSR count). The monoisotopic (exact) mass is 228 g/mol. The van der Waals surface area contributed by atoms with Crippen LogP contribution in [-0.4, -0.2) is 15.3 Å². The van der Waals surface area contributed by atoms with E-state index in [4.69, 9.17) is 0 Å². The van der Waals surface area contributed by atoms with Crippen molar-refractivity contribution in [3.8, 4) is 0 Å². The third-order valence-electron chi connectivity index (χ3n) is 2.73. The molecular formula is C14H16N2O. The Kier molecular flexibility index (Phi) is 3.83. The smallest absolute Gasteiger partial charge is 0.106 e. The van der Waals surface area contributed by atoms with Crippen molar-refractivity contribution in [2.75, 3.05) is 0 Å². The van der Waals surface area contributed by atoms with Crippen molar-refractivity contribution in [2.45, 2.75) is 25.9 Å². The summed E-state index contributed by atoms with van der Waals surface area (Å²) in [7, 11) is 0. The first kappa shape index (κ1) is 11.7. The number of rotatable bonds is 4. The maximum absolute atomic E-state index is 10.2. The molecule has 3 heteroatoms. The van der Waals surface area contributed by atoms with Gasteiger partial charge in [-0.3, -0.25) is 0 Å². The van der Waals surface area contributed by atoms with Crippen LogP contribution in [0.1, 0.15) is 36.1 Å². The van der Waals surface area contributed by atoms with Crippen LogP contribution in [0.5, 0.6) is 0 Å². The van der Waals surface area contributed by atoms with Gasteiger partial charge in [-0.25, -0.2) is 0 Å². The maximum Gasteiger partial charge on any atom is 0.106 e. The average molecular weight is 228 g/mol. The van der Waals surface area contributed by atoms with Gasteiger partial charge < -0.3 is 5.11 Å². The normalized spacial score (nSPS) is 12.4. The fourth-order valence-corrected chi connectivity index (χ4v) is 1.86. The fraction of sp³-hybridized carbons (Fsp3) is 0.286. The molecule has 2 aromatic rings. The number of aryl methyl sites for hydroxylation is 1. The summed E-state index contributed by atoms with van der Waals surface area (Å²) in [5.74, 6) is 0. The van der Waals surface area contributed by atoms with Crippen LogP contribution >= 0.6 is 0 Å². The van der Waals surface area contributed by atoms with E-state index in [9.17, 15) is 5.11 Å². The van der Waals surface area contributed by atoms with Gasteiger partial charge >= 0.3 is 0 Å². The number of aromatic nitrogens is 2. The number of hydrogen-bond donors (Lipinski definition) is 1. The number of benzene rings is 1. The first-order valence-electron chi connectivity index (χ1n) is 5.84. The summed E-state index contributed by atoms with van der Waals surface area (Å²) < 4.78 is 0. The highest BCUT2D eigenvalue weighted by Crippen LogP contribution is 2.21. The highest BCUT2D eigenvalue weighted by Gasteiger charge is 2.10. The van der Waals surface area contributed by atoms with Crippen LogP contribution < -0.4 is 0 Å². The van der Waals surface area contributed by atoms with Gasteiger partial charge in [-0.2, -0.15) is 10.2 Å². The molecule has 0 radical (unpaired) electrons. The van der Waals surface area contributed by atoms with E-state index in [1.54, 1.807) is 18.5 Å². The van der Waals surface area contributed by atoms with Crippen molar-refractivity contribution in [3.05, 3.63) is 59.4 Å². The second-order valence-electron chi connectivity index (χ2n) is 4.07. The Hall–Kier alpha value is -1.74. The molecule has 3 nitrogen and oxygen atoms in total. The molecule has 1 atom stereocenters. The highest BCUT2D eigenvalue weighted by molar-refractivity contribution is 5.31. The molecule has 0 saturated heterocycles. The van der Waals surface area contributed by atoms with Gasteiger partial charge in [0.25, 0.3) is 0 Å². The predicted octanol–water partition coefficient (Wildman–Crippen LogP) is 2.51. The zero-order valence-electron chi connectivity index (χ0n) is 9.87. The summed E-state index contributed by atoms with van der Waals surface area (Å²) in [5.41, 5.74) is 2.93. The fourth-order valence-electron chi connectivity index (χ4n) is 1.86. The largest absolute Gasteiger partial charge is 0.384 e. The van der Waals surface area contributed by atoms with E-state index < -0.39 is 6.10 Å². The Labute approximate surface area is 101 Å². The van der Waals surface area contributed by atoms with Gasteiger partial charge in [0.05, 0.1) is 6.20 Å². The van der Waals surface area contributed by atoms with Crippen molar-refractivity contribution in [2.24, 2.45) is 0 Å². The molecule has 1 unspecified atom stereocenters. The molecule has 1 aromatic carbocycles. The zero-order chi connectivity index (χ0) is 12.1. The van der Waals surface area contributed by atoms with Gasteiger partial charge in [0, 0.05) is 11.8 Å². The molecular weight excluding hydrogens is 212 g/mol. The minimum Gasteiger partial charge on any atom is -0.384 e. The van der Waals surface area contributed by atoms with E-state index >= 15 is 0 Å². The lowest BCUT2D eigenvalue weighted by atomic mass is 10.00. The number of aliphatic hydroxyl groups is 1. The Morgan fingerprint density at radius 1 is 1.18 bits per heavy atom. The van der Waals surface area contributed by atoms with Crippen molar-refractivity contribution < 1.29 is 5.11 Å². The lowest BCUT2D eigenvalue weighted by Crippen LogP contribution is -2.01. The highest BCUT2D eigenvalue weighted by atomic mass is 16.3. The second-order valence-corrected chi connectivity index (χ2v) is 4.07. The van der Waals surface area contributed by atoms with E-state index in [0.717, 1.165) is 24.0 Å². The minimum atomic E-state index is -0.623. The van der Waals surface area contributed by atoms with Crippen LogP contribution in [0, 0.1) is 0 Å². The van der Waals surface area contributed by atoms with Crippen LogP contribution in [0.2, 0.25) is 0 Å².